The van der Waals surface area contributed by atoms with E-state index in [0.29, 0.717) is 34.4 Å². The van der Waals surface area contributed by atoms with Crippen LogP contribution < -0.4 is 15.0 Å². The minimum atomic E-state index is -0.455. The quantitative estimate of drug-likeness (QED) is 0.460. The molecule has 0 unspecified atom stereocenters. The van der Waals surface area contributed by atoms with Crippen LogP contribution in [0.3, 0.4) is 0 Å². The van der Waals surface area contributed by atoms with Gasteiger partial charge in [-0.2, -0.15) is 0 Å². The van der Waals surface area contributed by atoms with E-state index in [9.17, 15) is 9.70 Å². The van der Waals surface area contributed by atoms with Crippen LogP contribution in [0.1, 0.15) is 5.56 Å². The number of nitrogens with one attached hydrogen (secondary N) is 1. The summed E-state index contributed by atoms with van der Waals surface area (Å²) in [4.78, 5) is 29.8. The molecule has 0 radical (unpaired) electrons. The number of halogens is 2. The number of carbonyl (C=O) groups excluding carboxylic acids is 1. The summed E-state index contributed by atoms with van der Waals surface area (Å²) in [6.07, 6.45) is 2.03. The molecule has 0 atom stereocenters. The lowest BCUT2D eigenvalue weighted by Crippen LogP contribution is -2.38. The largest absolute Gasteiger partial charge is 0.497 e. The number of methoxy groups -OCH3 is 1. The van der Waals surface area contributed by atoms with E-state index in [1.165, 1.54) is 17.2 Å². The lowest BCUT2D eigenvalue weighted by Gasteiger charge is -2.23. The number of rotatable bonds is 7. The van der Waals surface area contributed by atoms with Gasteiger partial charge in [-0.05, 0) is 65.7 Å². The third-order valence-electron chi connectivity index (χ3n) is 4.28. The van der Waals surface area contributed by atoms with E-state index in [1.54, 1.807) is 49.6 Å². The first-order valence-corrected chi connectivity index (χ1v) is 9.73. The molecule has 2 amide bonds. The first-order chi connectivity index (χ1) is 14.5. The zero-order valence-electron chi connectivity index (χ0n) is 16.0. The van der Waals surface area contributed by atoms with Crippen molar-refractivity contribution < 1.29 is 9.53 Å². The van der Waals surface area contributed by atoms with Crippen molar-refractivity contribution in [1.29, 1.82) is 0 Å². The Morgan fingerprint density at radius 2 is 1.90 bits per heavy atom. The van der Waals surface area contributed by atoms with Crippen LogP contribution in [0.4, 0.5) is 22.0 Å². The van der Waals surface area contributed by atoms with Gasteiger partial charge in [0.15, 0.2) is 11.5 Å². The van der Waals surface area contributed by atoms with Crippen molar-refractivity contribution in [3.05, 3.63) is 81.3 Å². The van der Waals surface area contributed by atoms with Crippen molar-refractivity contribution in [3.8, 4) is 5.75 Å². The van der Waals surface area contributed by atoms with Crippen LogP contribution in [0.15, 0.2) is 66.0 Å². The third kappa shape index (κ3) is 5.06. The highest BCUT2D eigenvalue weighted by Crippen LogP contribution is 2.32. The molecule has 154 valence electrons. The molecular formula is C21H18Cl2N4O3. The maximum Gasteiger partial charge on any atom is 0.327 e. The summed E-state index contributed by atoms with van der Waals surface area (Å²) in [5, 5.41) is 6.76. The highest BCUT2D eigenvalue weighted by molar-refractivity contribution is 6.42. The highest BCUT2D eigenvalue weighted by atomic mass is 35.5. The molecule has 30 heavy (non-hydrogen) atoms. The van der Waals surface area contributed by atoms with Crippen LogP contribution in [-0.4, -0.2) is 24.7 Å². The molecule has 0 saturated heterocycles. The molecule has 7 nitrogen and oxygen atoms in total. The smallest absolute Gasteiger partial charge is 0.327 e. The predicted molar refractivity (Wildman–Crippen MR) is 118 cm³/mol. The lowest BCUT2D eigenvalue weighted by atomic mass is 10.1. The monoisotopic (exact) mass is 444 g/mol. The van der Waals surface area contributed by atoms with Crippen molar-refractivity contribution in [3.63, 3.8) is 0 Å². The Balaban J connectivity index is 1.82. The van der Waals surface area contributed by atoms with Gasteiger partial charge in [-0.25, -0.2) is 14.7 Å². The van der Waals surface area contributed by atoms with E-state index in [2.05, 4.69) is 15.5 Å². The summed E-state index contributed by atoms with van der Waals surface area (Å²) >= 11 is 12.0. The van der Waals surface area contributed by atoms with E-state index >= 15 is 0 Å². The van der Waals surface area contributed by atoms with Crippen molar-refractivity contribution in [1.82, 2.24) is 10.3 Å². The van der Waals surface area contributed by atoms with Gasteiger partial charge < -0.3 is 10.1 Å². The molecule has 0 aliphatic rings. The van der Waals surface area contributed by atoms with Gasteiger partial charge in [-0.3, -0.25) is 0 Å². The summed E-state index contributed by atoms with van der Waals surface area (Å²) in [6, 6.07) is 14.7. The Morgan fingerprint density at radius 1 is 1.13 bits per heavy atom. The number of nitroso groups, excluding NO2 is 1. The molecule has 0 saturated carbocycles. The number of urea groups is 1. The van der Waals surface area contributed by atoms with Gasteiger partial charge in [0.25, 0.3) is 0 Å². The molecule has 3 rings (SSSR count). The molecule has 3 aromatic rings. The summed E-state index contributed by atoms with van der Waals surface area (Å²) in [6.45, 7) is 0.333. The Bertz CT molecular complexity index is 1040. The number of amides is 2. The molecule has 0 aliphatic carbocycles. The Labute approximate surface area is 183 Å². The summed E-state index contributed by atoms with van der Waals surface area (Å²) in [5.74, 6) is 0.762. The average Bonchev–Trinajstić information content (AvgIpc) is 2.77. The van der Waals surface area contributed by atoms with Gasteiger partial charge in [-0.1, -0.05) is 29.3 Å². The summed E-state index contributed by atoms with van der Waals surface area (Å²) in [5.41, 5.74) is 1.48. The molecule has 2 aromatic carbocycles. The molecule has 1 heterocycles. The fourth-order valence-corrected chi connectivity index (χ4v) is 3.11. The number of hydrogen-bond acceptors (Lipinski definition) is 5. The second-order valence-corrected chi connectivity index (χ2v) is 7.02. The second-order valence-electron chi connectivity index (χ2n) is 6.20. The normalized spacial score (nSPS) is 10.4. The number of anilines is 2. The van der Waals surface area contributed by atoms with Gasteiger partial charge in [0.2, 0.25) is 0 Å². The molecule has 0 fully saturated rings. The molecule has 0 aliphatic heterocycles. The van der Waals surface area contributed by atoms with Crippen molar-refractivity contribution >= 4 is 46.4 Å². The minimum Gasteiger partial charge on any atom is -0.497 e. The first-order valence-electron chi connectivity index (χ1n) is 8.98. The predicted octanol–water partition coefficient (Wildman–Crippen LogP) is 5.89. The number of ether oxygens (including phenoxy) is 1. The summed E-state index contributed by atoms with van der Waals surface area (Å²) < 4.78 is 5.17. The third-order valence-corrected chi connectivity index (χ3v) is 5.02. The van der Waals surface area contributed by atoms with E-state index in [4.69, 9.17) is 27.9 Å². The van der Waals surface area contributed by atoms with Gasteiger partial charge in [0, 0.05) is 12.7 Å². The number of hydrogen-bond donors (Lipinski definition) is 1. The highest BCUT2D eigenvalue weighted by Gasteiger charge is 2.22. The first kappa shape index (κ1) is 21.5. The van der Waals surface area contributed by atoms with Gasteiger partial charge in [0.05, 0.1) is 22.8 Å². The molecule has 1 N–H and O–H groups in total. The zero-order valence-corrected chi connectivity index (χ0v) is 17.5. The van der Waals surface area contributed by atoms with Crippen molar-refractivity contribution in [2.75, 3.05) is 18.6 Å². The summed E-state index contributed by atoms with van der Waals surface area (Å²) in [7, 11) is 1.55. The van der Waals surface area contributed by atoms with Crippen LogP contribution in [0.25, 0.3) is 0 Å². The fourth-order valence-electron chi connectivity index (χ4n) is 2.79. The number of carbonyl (C=O) groups is 1. The average molecular weight is 445 g/mol. The van der Waals surface area contributed by atoms with Crippen molar-refractivity contribution in [2.45, 2.75) is 6.42 Å². The molecular weight excluding hydrogens is 427 g/mol. The van der Waals surface area contributed by atoms with Crippen LogP contribution in [0.2, 0.25) is 10.0 Å². The number of aromatic nitrogens is 1. The molecule has 1 aromatic heterocycles. The number of pyridine rings is 1. The molecule has 9 heteroatoms. The topological polar surface area (TPSA) is 83.9 Å². The Hall–Kier alpha value is -3.16. The lowest BCUT2D eigenvalue weighted by molar-refractivity contribution is 0.248. The second kappa shape index (κ2) is 10.0. The molecule has 0 bridgehead atoms. The zero-order chi connectivity index (χ0) is 21.5. The van der Waals surface area contributed by atoms with Gasteiger partial charge in [0.1, 0.15) is 5.75 Å². The van der Waals surface area contributed by atoms with Gasteiger partial charge >= 0.3 is 6.03 Å². The van der Waals surface area contributed by atoms with E-state index < -0.39 is 6.03 Å². The minimum absolute atomic E-state index is 0.0490. The van der Waals surface area contributed by atoms with Crippen LogP contribution >= 0.6 is 23.2 Å². The molecule has 0 spiro atoms. The van der Waals surface area contributed by atoms with Crippen LogP contribution in [-0.2, 0) is 6.42 Å². The number of benzene rings is 2. The SMILES string of the molecule is COc1ccc(N(C(=O)NCCc2ccc(Cl)c(Cl)c2)c2ncccc2N=O)cc1. The Kier molecular flexibility index (Phi) is 7.21. The Morgan fingerprint density at radius 3 is 2.57 bits per heavy atom. The van der Waals surface area contributed by atoms with Crippen LogP contribution in [0.5, 0.6) is 5.75 Å². The van der Waals surface area contributed by atoms with Gasteiger partial charge in [-0.15, -0.1) is 4.91 Å². The standard InChI is InChI=1S/C21H18Cl2N4O3/c1-30-16-7-5-15(6-8-16)27(20-19(26-29)3-2-11-24-20)21(28)25-12-10-14-4-9-17(22)18(23)13-14/h2-9,11,13H,10,12H2,1H3,(H,25,28). The fraction of sp³-hybridized carbons (Fsp3) is 0.143. The maximum absolute atomic E-state index is 13.0. The van der Waals surface area contributed by atoms with E-state index in [1.807, 2.05) is 6.07 Å². The van der Waals surface area contributed by atoms with E-state index in [0.717, 1.165) is 5.56 Å². The van der Waals surface area contributed by atoms with E-state index in [-0.39, 0.29) is 11.5 Å². The maximum atomic E-state index is 13.0. The number of nitrogens with zero attached hydrogens (tertiary/aromatic N) is 3. The van der Waals surface area contributed by atoms with Crippen molar-refractivity contribution in [2.24, 2.45) is 5.18 Å². The van der Waals surface area contributed by atoms with Crippen LogP contribution in [0, 0.1) is 4.91 Å².